The molecule has 0 N–H and O–H groups in total. The first-order valence-corrected chi connectivity index (χ1v) is 9.61. The maximum absolute atomic E-state index is 5.79. The first kappa shape index (κ1) is 17.1. The molecule has 0 bridgehead atoms. The molecule has 0 aromatic rings. The lowest BCUT2D eigenvalue weighted by molar-refractivity contribution is 0.0142. The summed E-state index contributed by atoms with van der Waals surface area (Å²) in [5, 5.41) is 0. The summed E-state index contributed by atoms with van der Waals surface area (Å²) in [5.41, 5.74) is 0. The molecule has 0 aromatic carbocycles. The molecule has 122 valence electrons. The van der Waals surface area contributed by atoms with Crippen LogP contribution in [0.2, 0.25) is 0 Å². The molecule has 0 spiro atoms. The predicted octanol–water partition coefficient (Wildman–Crippen LogP) is 6.13. The highest BCUT2D eigenvalue weighted by atomic mass is 16.5. The molecular weight excluding hydrogens is 256 g/mol. The minimum atomic E-state index is 0.573. The smallest absolute Gasteiger partial charge is 0.0575 e. The van der Waals surface area contributed by atoms with Gasteiger partial charge in [-0.3, -0.25) is 0 Å². The Hall–Kier alpha value is -0.300. The van der Waals surface area contributed by atoms with E-state index in [1.807, 2.05) is 0 Å². The van der Waals surface area contributed by atoms with E-state index in [1.165, 1.54) is 70.6 Å². The van der Waals surface area contributed by atoms with Gasteiger partial charge in [0.05, 0.1) is 6.10 Å². The molecule has 0 aromatic heterocycles. The second-order valence-electron chi connectivity index (χ2n) is 7.24. The third kappa shape index (κ3) is 5.77. The molecule has 2 fully saturated rings. The van der Waals surface area contributed by atoms with Crippen LogP contribution in [0.4, 0.5) is 0 Å². The van der Waals surface area contributed by atoms with E-state index in [9.17, 15) is 0 Å². The third-order valence-corrected chi connectivity index (χ3v) is 5.74. The van der Waals surface area contributed by atoms with Crippen LogP contribution in [0.25, 0.3) is 0 Å². The quantitative estimate of drug-likeness (QED) is 0.405. The Morgan fingerprint density at radius 3 is 2.05 bits per heavy atom. The maximum Gasteiger partial charge on any atom is 0.0575 e. The minimum absolute atomic E-state index is 0.573. The van der Waals surface area contributed by atoms with Gasteiger partial charge >= 0.3 is 0 Å². The van der Waals surface area contributed by atoms with Gasteiger partial charge in [0.15, 0.2) is 0 Å². The molecule has 1 nitrogen and oxygen atoms in total. The molecule has 0 unspecified atom stereocenters. The van der Waals surface area contributed by atoms with Gasteiger partial charge in [-0.25, -0.2) is 0 Å². The fourth-order valence-corrected chi connectivity index (χ4v) is 4.38. The summed E-state index contributed by atoms with van der Waals surface area (Å²) in [7, 11) is 0. The number of hydrogen-bond acceptors (Lipinski definition) is 1. The van der Waals surface area contributed by atoms with Gasteiger partial charge in [-0.05, 0) is 82.5 Å². The summed E-state index contributed by atoms with van der Waals surface area (Å²) < 4.78 is 5.79. The van der Waals surface area contributed by atoms with Crippen molar-refractivity contribution in [2.75, 3.05) is 6.61 Å². The van der Waals surface area contributed by atoms with E-state index in [0.717, 1.165) is 24.4 Å². The van der Waals surface area contributed by atoms with Gasteiger partial charge in [0.2, 0.25) is 0 Å². The Kier molecular flexibility index (Phi) is 7.85. The van der Waals surface area contributed by atoms with E-state index in [2.05, 4.69) is 26.0 Å². The molecule has 0 saturated heterocycles. The topological polar surface area (TPSA) is 9.23 Å². The minimum Gasteiger partial charge on any atom is -0.379 e. The molecule has 2 aliphatic rings. The van der Waals surface area contributed by atoms with Crippen molar-refractivity contribution in [3.8, 4) is 0 Å². The lowest BCUT2D eigenvalue weighted by atomic mass is 9.70. The van der Waals surface area contributed by atoms with Gasteiger partial charge in [0, 0.05) is 6.61 Å². The van der Waals surface area contributed by atoms with Crippen LogP contribution in [0.3, 0.4) is 0 Å². The largest absolute Gasteiger partial charge is 0.379 e. The molecule has 21 heavy (non-hydrogen) atoms. The molecule has 0 atom stereocenters. The van der Waals surface area contributed by atoms with Crippen molar-refractivity contribution in [1.82, 2.24) is 0 Å². The maximum atomic E-state index is 5.79. The number of unbranched alkanes of at least 4 members (excludes halogenated alkanes) is 2. The highest BCUT2D eigenvalue weighted by Gasteiger charge is 2.30. The van der Waals surface area contributed by atoms with E-state index in [0.29, 0.717) is 6.10 Å². The van der Waals surface area contributed by atoms with Crippen LogP contribution in [0.1, 0.15) is 84.5 Å². The van der Waals surface area contributed by atoms with Gasteiger partial charge in [-0.2, -0.15) is 0 Å². The second-order valence-corrected chi connectivity index (χ2v) is 7.24. The van der Waals surface area contributed by atoms with Crippen LogP contribution < -0.4 is 0 Å². The Bertz CT molecular complexity index is 280. The standard InChI is InChI=1S/C20H36O/c1-3-5-6-7-8-17-9-11-18(12-10-17)19-13-15-20(16-14-19)21-4-2/h7-8,17-20H,3-6,9-16H2,1-2H3. The fraction of sp³-hybridized carbons (Fsp3) is 0.900. The molecule has 0 radical (unpaired) electrons. The van der Waals surface area contributed by atoms with Crippen LogP contribution in [0, 0.1) is 17.8 Å². The Morgan fingerprint density at radius 1 is 0.857 bits per heavy atom. The van der Waals surface area contributed by atoms with Crippen molar-refractivity contribution in [3.63, 3.8) is 0 Å². The van der Waals surface area contributed by atoms with E-state index >= 15 is 0 Å². The second kappa shape index (κ2) is 9.66. The summed E-state index contributed by atoms with van der Waals surface area (Å²) in [6.07, 6.45) is 20.8. The predicted molar refractivity (Wildman–Crippen MR) is 91.5 cm³/mol. The van der Waals surface area contributed by atoms with Crippen molar-refractivity contribution < 1.29 is 4.74 Å². The van der Waals surface area contributed by atoms with Gasteiger partial charge in [0.25, 0.3) is 0 Å². The average molecular weight is 293 g/mol. The molecule has 0 aliphatic heterocycles. The lowest BCUT2D eigenvalue weighted by Crippen LogP contribution is -2.28. The number of ether oxygens (including phenoxy) is 1. The van der Waals surface area contributed by atoms with Crippen molar-refractivity contribution in [1.29, 1.82) is 0 Å². The highest BCUT2D eigenvalue weighted by molar-refractivity contribution is 4.92. The highest BCUT2D eigenvalue weighted by Crippen LogP contribution is 2.40. The van der Waals surface area contributed by atoms with Gasteiger partial charge in [-0.15, -0.1) is 0 Å². The van der Waals surface area contributed by atoms with Crippen LogP contribution in [-0.4, -0.2) is 12.7 Å². The summed E-state index contributed by atoms with van der Waals surface area (Å²) in [4.78, 5) is 0. The summed E-state index contributed by atoms with van der Waals surface area (Å²) in [5.74, 6) is 2.91. The zero-order chi connectivity index (χ0) is 14.9. The fourth-order valence-electron chi connectivity index (χ4n) is 4.38. The van der Waals surface area contributed by atoms with Crippen molar-refractivity contribution >= 4 is 0 Å². The lowest BCUT2D eigenvalue weighted by Gasteiger charge is -2.37. The zero-order valence-corrected chi connectivity index (χ0v) is 14.4. The van der Waals surface area contributed by atoms with Crippen molar-refractivity contribution in [3.05, 3.63) is 12.2 Å². The Labute approximate surface area is 132 Å². The number of rotatable bonds is 7. The van der Waals surface area contributed by atoms with Gasteiger partial charge in [-0.1, -0.05) is 31.9 Å². The molecule has 2 aliphatic carbocycles. The third-order valence-electron chi connectivity index (χ3n) is 5.74. The Balaban J connectivity index is 1.64. The van der Waals surface area contributed by atoms with Crippen LogP contribution in [0.15, 0.2) is 12.2 Å². The SMILES string of the molecule is CCCCC=CC1CCC(C2CCC(OCC)CC2)CC1. The summed E-state index contributed by atoms with van der Waals surface area (Å²) >= 11 is 0. The number of hydrogen-bond donors (Lipinski definition) is 0. The molecule has 0 heterocycles. The summed E-state index contributed by atoms with van der Waals surface area (Å²) in [6, 6.07) is 0. The van der Waals surface area contributed by atoms with E-state index < -0.39 is 0 Å². The van der Waals surface area contributed by atoms with E-state index in [-0.39, 0.29) is 0 Å². The van der Waals surface area contributed by atoms with Gasteiger partial charge < -0.3 is 4.74 Å². The van der Waals surface area contributed by atoms with Crippen LogP contribution in [0.5, 0.6) is 0 Å². The normalized spacial score (nSPS) is 34.4. The first-order chi connectivity index (χ1) is 10.3. The molecule has 2 saturated carbocycles. The molecule has 0 amide bonds. The monoisotopic (exact) mass is 292 g/mol. The zero-order valence-electron chi connectivity index (χ0n) is 14.4. The summed E-state index contributed by atoms with van der Waals surface area (Å²) in [6.45, 7) is 5.30. The van der Waals surface area contributed by atoms with E-state index in [1.54, 1.807) is 0 Å². The number of allylic oxidation sites excluding steroid dienone is 2. The molecule has 1 heteroatoms. The first-order valence-electron chi connectivity index (χ1n) is 9.61. The molecular formula is C20H36O. The Morgan fingerprint density at radius 2 is 1.48 bits per heavy atom. The van der Waals surface area contributed by atoms with Crippen LogP contribution >= 0.6 is 0 Å². The van der Waals surface area contributed by atoms with Crippen molar-refractivity contribution in [2.45, 2.75) is 90.6 Å². The van der Waals surface area contributed by atoms with Gasteiger partial charge in [0.1, 0.15) is 0 Å². The van der Waals surface area contributed by atoms with Crippen molar-refractivity contribution in [2.24, 2.45) is 17.8 Å². The van der Waals surface area contributed by atoms with E-state index in [4.69, 9.17) is 4.74 Å². The molecule has 2 rings (SSSR count). The van der Waals surface area contributed by atoms with Crippen LogP contribution in [-0.2, 0) is 4.74 Å². The average Bonchev–Trinajstić information content (AvgIpc) is 2.53.